The number of nitrogens with two attached hydrogens (primary N) is 1. The number of pyridine rings is 1. The summed E-state index contributed by atoms with van der Waals surface area (Å²) >= 11 is 0. The maximum Gasteiger partial charge on any atom is 0.0715 e. The van der Waals surface area contributed by atoms with Gasteiger partial charge in [0.15, 0.2) is 0 Å². The molecule has 0 atom stereocenters. The molecule has 0 spiro atoms. The van der Waals surface area contributed by atoms with Crippen LogP contribution in [0.15, 0.2) is 218 Å². The first-order chi connectivity index (χ1) is 32.9. The molecule has 5 nitrogen and oxygen atoms in total. The monoisotopic (exact) mass is 869 g/mol. The van der Waals surface area contributed by atoms with Gasteiger partial charge in [0.05, 0.1) is 11.4 Å². The first kappa shape index (κ1) is 43.8. The van der Waals surface area contributed by atoms with E-state index in [9.17, 15) is 0 Å². The SMILES string of the molecule is C/C=C\C(=C/Cc1cccc(-c2cccc(-c3cc(N)ccc3NC)c2)c1)c1cc(-c2ccccc2)cc(-c2cccc(-c3cccc(-c4cccc(-c5cc(NC)ccc5NC)c4)c3)c2)n1. The van der Waals surface area contributed by atoms with Gasteiger partial charge in [0, 0.05) is 60.6 Å². The second-order valence-corrected chi connectivity index (χ2v) is 16.7. The molecule has 5 heteroatoms. The average Bonchev–Trinajstić information content (AvgIpc) is 3.40. The molecule has 0 fully saturated rings. The van der Waals surface area contributed by atoms with Crippen molar-refractivity contribution >= 4 is 28.3 Å². The van der Waals surface area contributed by atoms with E-state index < -0.39 is 0 Å². The first-order valence-corrected chi connectivity index (χ1v) is 22.9. The standard InChI is InChI=1S/C62H55N5/c1-5-14-44(28-27-42-15-9-18-45(33-42)48-21-11-24-51(35-48)57-40-55(63)29-31-59(57)65-3)61-38-54(43-16-7-6-8-17-43)39-62(67-61)53-26-13-23-50(37-53)47-20-10-19-46(34-47)49-22-12-25-52(36-49)58-41-56(64-2)30-32-60(58)66-4/h5-26,28-41,64-66H,27,63H2,1-4H3/b14-5-,44-28+. The van der Waals surface area contributed by atoms with Crippen LogP contribution in [0.5, 0.6) is 0 Å². The summed E-state index contributed by atoms with van der Waals surface area (Å²) in [6, 6.07) is 71.3. The van der Waals surface area contributed by atoms with Gasteiger partial charge in [-0.15, -0.1) is 0 Å². The molecule has 0 saturated carbocycles. The molecular weight excluding hydrogens is 815 g/mol. The minimum atomic E-state index is 0.741. The van der Waals surface area contributed by atoms with Crippen molar-refractivity contribution in [2.24, 2.45) is 0 Å². The van der Waals surface area contributed by atoms with Gasteiger partial charge < -0.3 is 21.7 Å². The van der Waals surface area contributed by atoms with E-state index in [1.807, 2.05) is 39.3 Å². The predicted molar refractivity (Wildman–Crippen MR) is 288 cm³/mol. The number of nitrogens with one attached hydrogen (secondary N) is 3. The van der Waals surface area contributed by atoms with Crippen LogP contribution in [-0.4, -0.2) is 26.1 Å². The molecule has 1 heterocycles. The average molecular weight is 870 g/mol. The Morgan fingerprint density at radius 2 is 0.955 bits per heavy atom. The Balaban J connectivity index is 1.04. The highest BCUT2D eigenvalue weighted by Gasteiger charge is 2.13. The molecule has 67 heavy (non-hydrogen) atoms. The van der Waals surface area contributed by atoms with Gasteiger partial charge >= 0.3 is 0 Å². The quantitative estimate of drug-likeness (QED) is 0.0647. The van der Waals surface area contributed by atoms with Crippen molar-refractivity contribution in [2.75, 3.05) is 42.8 Å². The smallest absolute Gasteiger partial charge is 0.0715 e. The molecule has 1 aromatic heterocycles. The molecule has 328 valence electrons. The summed E-state index contributed by atoms with van der Waals surface area (Å²) in [5.41, 5.74) is 29.1. The van der Waals surface area contributed by atoms with Crippen molar-refractivity contribution in [1.29, 1.82) is 0 Å². The molecule has 0 aliphatic heterocycles. The van der Waals surface area contributed by atoms with Crippen molar-refractivity contribution in [3.63, 3.8) is 0 Å². The zero-order valence-electron chi connectivity index (χ0n) is 38.5. The Morgan fingerprint density at radius 3 is 1.55 bits per heavy atom. The van der Waals surface area contributed by atoms with Crippen LogP contribution in [0.3, 0.4) is 0 Å². The van der Waals surface area contributed by atoms with Crippen LogP contribution in [0, 0.1) is 0 Å². The summed E-state index contributed by atoms with van der Waals surface area (Å²) in [6.45, 7) is 2.07. The summed E-state index contributed by atoms with van der Waals surface area (Å²) in [4.78, 5) is 5.41. The summed E-state index contributed by atoms with van der Waals surface area (Å²) in [7, 11) is 5.87. The maximum atomic E-state index is 6.22. The fourth-order valence-corrected chi connectivity index (χ4v) is 8.81. The second kappa shape index (κ2) is 20.2. The van der Waals surface area contributed by atoms with Gasteiger partial charge in [-0.1, -0.05) is 146 Å². The lowest BCUT2D eigenvalue weighted by Gasteiger charge is -2.14. The van der Waals surface area contributed by atoms with Gasteiger partial charge in [-0.25, -0.2) is 4.98 Å². The molecule has 0 amide bonds. The van der Waals surface area contributed by atoms with Crippen LogP contribution in [0.4, 0.5) is 22.7 Å². The molecule has 8 aromatic carbocycles. The molecule has 0 radical (unpaired) electrons. The Bertz CT molecular complexity index is 3250. The van der Waals surface area contributed by atoms with Crippen molar-refractivity contribution in [3.8, 4) is 78.0 Å². The van der Waals surface area contributed by atoms with E-state index in [0.29, 0.717) is 0 Å². The minimum absolute atomic E-state index is 0.741. The molecular formula is C62H55N5. The summed E-state index contributed by atoms with van der Waals surface area (Å²) in [5.74, 6) is 0. The van der Waals surface area contributed by atoms with Crippen LogP contribution in [-0.2, 0) is 6.42 Å². The maximum absolute atomic E-state index is 6.22. The van der Waals surface area contributed by atoms with E-state index in [0.717, 1.165) is 113 Å². The number of anilines is 4. The molecule has 0 unspecified atom stereocenters. The van der Waals surface area contributed by atoms with Gasteiger partial charge in [-0.3, -0.25) is 0 Å². The summed E-state index contributed by atoms with van der Waals surface area (Å²) in [5, 5.41) is 9.97. The van der Waals surface area contributed by atoms with Crippen molar-refractivity contribution in [3.05, 3.63) is 230 Å². The molecule has 0 aliphatic carbocycles. The number of aromatic nitrogens is 1. The highest BCUT2D eigenvalue weighted by Crippen LogP contribution is 2.37. The van der Waals surface area contributed by atoms with Crippen LogP contribution < -0.4 is 21.7 Å². The fourth-order valence-electron chi connectivity index (χ4n) is 8.81. The van der Waals surface area contributed by atoms with Gasteiger partial charge in [0.2, 0.25) is 0 Å². The summed E-state index contributed by atoms with van der Waals surface area (Å²) < 4.78 is 0. The van der Waals surface area contributed by atoms with E-state index in [1.165, 1.54) is 11.1 Å². The lowest BCUT2D eigenvalue weighted by Crippen LogP contribution is -1.95. The van der Waals surface area contributed by atoms with E-state index in [2.05, 4.69) is 223 Å². The number of rotatable bonds is 14. The van der Waals surface area contributed by atoms with Gasteiger partial charge in [-0.2, -0.15) is 0 Å². The fraction of sp³-hybridized carbons (Fsp3) is 0.0806. The molecule has 0 saturated heterocycles. The topological polar surface area (TPSA) is 75.0 Å². The number of benzene rings is 8. The largest absolute Gasteiger partial charge is 0.399 e. The number of allylic oxidation sites excluding steroid dienone is 4. The Hall–Kier alpha value is -8.41. The molecule has 0 bridgehead atoms. The van der Waals surface area contributed by atoms with Gasteiger partial charge in [-0.05, 0) is 153 Å². The zero-order chi connectivity index (χ0) is 46.1. The van der Waals surface area contributed by atoms with Crippen molar-refractivity contribution < 1.29 is 0 Å². The highest BCUT2D eigenvalue weighted by atomic mass is 14.8. The van der Waals surface area contributed by atoms with E-state index in [-0.39, 0.29) is 0 Å². The van der Waals surface area contributed by atoms with Crippen LogP contribution in [0.2, 0.25) is 0 Å². The molecule has 0 aliphatic rings. The van der Waals surface area contributed by atoms with Crippen LogP contribution >= 0.6 is 0 Å². The number of hydrogen-bond acceptors (Lipinski definition) is 5. The molecule has 9 aromatic rings. The van der Waals surface area contributed by atoms with Crippen LogP contribution in [0.1, 0.15) is 18.2 Å². The second-order valence-electron chi connectivity index (χ2n) is 16.7. The van der Waals surface area contributed by atoms with Gasteiger partial charge in [0.1, 0.15) is 0 Å². The minimum Gasteiger partial charge on any atom is -0.399 e. The third-order valence-corrected chi connectivity index (χ3v) is 12.3. The lowest BCUT2D eigenvalue weighted by molar-refractivity contribution is 1.24. The van der Waals surface area contributed by atoms with Gasteiger partial charge in [0.25, 0.3) is 0 Å². The first-order valence-electron chi connectivity index (χ1n) is 22.9. The Kier molecular flexibility index (Phi) is 13.2. The van der Waals surface area contributed by atoms with Crippen LogP contribution in [0.25, 0.3) is 83.6 Å². The number of hydrogen-bond donors (Lipinski definition) is 4. The highest BCUT2D eigenvalue weighted by molar-refractivity contribution is 5.86. The third kappa shape index (κ3) is 9.97. The summed E-state index contributed by atoms with van der Waals surface area (Å²) in [6.07, 6.45) is 7.32. The van der Waals surface area contributed by atoms with Crippen molar-refractivity contribution in [2.45, 2.75) is 13.3 Å². The Morgan fingerprint density at radius 1 is 0.448 bits per heavy atom. The molecule has 5 N–H and O–H groups in total. The third-order valence-electron chi connectivity index (χ3n) is 12.3. The predicted octanol–water partition coefficient (Wildman–Crippen LogP) is 15.7. The number of nitrogen functional groups attached to an aromatic ring is 1. The normalized spacial score (nSPS) is 11.4. The Labute approximate surface area is 395 Å². The molecule has 9 rings (SSSR count). The van der Waals surface area contributed by atoms with E-state index in [1.54, 1.807) is 0 Å². The van der Waals surface area contributed by atoms with E-state index >= 15 is 0 Å². The lowest BCUT2D eigenvalue weighted by atomic mass is 9.94. The van der Waals surface area contributed by atoms with Crippen molar-refractivity contribution in [1.82, 2.24) is 4.98 Å². The van der Waals surface area contributed by atoms with E-state index in [4.69, 9.17) is 10.7 Å². The number of nitrogens with zero attached hydrogens (tertiary/aromatic N) is 1. The zero-order valence-corrected chi connectivity index (χ0v) is 38.5.